The standard InChI is InChI=1S/C26H29ClN2O2/c1-20-7-10-23(27)17-26(20)29-15-13-28(14-16-29)18-24(30)19-31-25-11-8-22(9-12-25)21-5-3-2-4-6-21/h2-12,17,24,30H,13-16,18-19H2,1H3. The van der Waals surface area contributed by atoms with Crippen LogP contribution in [0.5, 0.6) is 5.75 Å². The molecule has 31 heavy (non-hydrogen) atoms. The zero-order valence-corrected chi connectivity index (χ0v) is 18.6. The van der Waals surface area contributed by atoms with Crippen molar-refractivity contribution < 1.29 is 9.84 Å². The van der Waals surface area contributed by atoms with Crippen LogP contribution < -0.4 is 9.64 Å². The van der Waals surface area contributed by atoms with Crippen molar-refractivity contribution in [2.24, 2.45) is 0 Å². The molecule has 0 bridgehead atoms. The van der Waals surface area contributed by atoms with Crippen LogP contribution in [0.2, 0.25) is 5.02 Å². The second-order valence-corrected chi connectivity index (χ2v) is 8.51. The lowest BCUT2D eigenvalue weighted by Crippen LogP contribution is -2.49. The van der Waals surface area contributed by atoms with Crippen LogP contribution in [0, 0.1) is 6.92 Å². The van der Waals surface area contributed by atoms with Crippen molar-refractivity contribution in [1.82, 2.24) is 4.90 Å². The molecule has 1 saturated heterocycles. The molecule has 0 spiro atoms. The number of ether oxygens (including phenoxy) is 1. The number of hydrogen-bond donors (Lipinski definition) is 1. The van der Waals surface area contributed by atoms with Gasteiger partial charge in [0.15, 0.2) is 0 Å². The maximum Gasteiger partial charge on any atom is 0.119 e. The van der Waals surface area contributed by atoms with E-state index in [0.29, 0.717) is 6.54 Å². The van der Waals surface area contributed by atoms with E-state index >= 15 is 0 Å². The first kappa shape index (κ1) is 21.7. The molecule has 0 aliphatic carbocycles. The minimum Gasteiger partial charge on any atom is -0.491 e. The fraction of sp³-hybridized carbons (Fsp3) is 0.308. The molecule has 4 rings (SSSR count). The summed E-state index contributed by atoms with van der Waals surface area (Å²) < 4.78 is 5.82. The zero-order chi connectivity index (χ0) is 21.6. The molecule has 1 fully saturated rings. The van der Waals surface area contributed by atoms with E-state index in [1.807, 2.05) is 54.6 Å². The van der Waals surface area contributed by atoms with Crippen LogP contribution in [0.1, 0.15) is 5.56 Å². The summed E-state index contributed by atoms with van der Waals surface area (Å²) in [6.45, 7) is 6.70. The van der Waals surface area contributed by atoms with Crippen molar-refractivity contribution in [3.8, 4) is 16.9 Å². The van der Waals surface area contributed by atoms with Crippen LogP contribution in [0.3, 0.4) is 0 Å². The Morgan fingerprint density at radius 3 is 2.29 bits per heavy atom. The summed E-state index contributed by atoms with van der Waals surface area (Å²) in [6.07, 6.45) is -0.520. The number of benzene rings is 3. The summed E-state index contributed by atoms with van der Waals surface area (Å²) in [5, 5.41) is 11.2. The summed E-state index contributed by atoms with van der Waals surface area (Å²) in [4.78, 5) is 4.66. The second kappa shape index (κ2) is 10.2. The number of aliphatic hydroxyl groups excluding tert-OH is 1. The van der Waals surface area contributed by atoms with Gasteiger partial charge in [-0.25, -0.2) is 0 Å². The third kappa shape index (κ3) is 5.79. The lowest BCUT2D eigenvalue weighted by molar-refractivity contribution is 0.0663. The third-order valence-corrected chi connectivity index (χ3v) is 5.99. The van der Waals surface area contributed by atoms with Gasteiger partial charge in [0.05, 0.1) is 0 Å². The smallest absolute Gasteiger partial charge is 0.119 e. The number of halogens is 1. The second-order valence-electron chi connectivity index (χ2n) is 8.07. The monoisotopic (exact) mass is 436 g/mol. The molecule has 162 valence electrons. The first-order chi connectivity index (χ1) is 15.1. The Morgan fingerprint density at radius 1 is 0.903 bits per heavy atom. The number of hydrogen-bond acceptors (Lipinski definition) is 4. The lowest BCUT2D eigenvalue weighted by atomic mass is 10.1. The molecule has 4 nitrogen and oxygen atoms in total. The molecule has 0 aromatic heterocycles. The summed E-state index contributed by atoms with van der Waals surface area (Å²) in [5.74, 6) is 0.778. The molecule has 1 aliphatic rings. The molecule has 0 saturated carbocycles. The molecule has 3 aromatic carbocycles. The Balaban J connectivity index is 1.23. The van der Waals surface area contributed by atoms with Gasteiger partial charge < -0.3 is 14.7 Å². The number of rotatable bonds is 7. The number of nitrogens with zero attached hydrogens (tertiary/aromatic N) is 2. The van der Waals surface area contributed by atoms with Crippen molar-refractivity contribution in [2.45, 2.75) is 13.0 Å². The molecule has 0 radical (unpaired) electrons. The van der Waals surface area contributed by atoms with Gasteiger partial charge in [0.1, 0.15) is 18.5 Å². The minimum absolute atomic E-state index is 0.290. The maximum atomic E-state index is 10.5. The van der Waals surface area contributed by atoms with Gasteiger partial charge in [-0.1, -0.05) is 60.1 Å². The molecule has 1 unspecified atom stereocenters. The zero-order valence-electron chi connectivity index (χ0n) is 17.9. The highest BCUT2D eigenvalue weighted by molar-refractivity contribution is 6.30. The number of aryl methyl sites for hydroxylation is 1. The average molecular weight is 437 g/mol. The van der Waals surface area contributed by atoms with E-state index in [9.17, 15) is 5.11 Å². The molecule has 1 aliphatic heterocycles. The number of piperazine rings is 1. The van der Waals surface area contributed by atoms with E-state index in [1.165, 1.54) is 16.8 Å². The fourth-order valence-corrected chi connectivity index (χ4v) is 4.18. The van der Waals surface area contributed by atoms with Crippen molar-refractivity contribution in [3.63, 3.8) is 0 Å². The third-order valence-electron chi connectivity index (χ3n) is 5.76. The first-order valence-electron chi connectivity index (χ1n) is 10.8. The summed E-state index contributed by atoms with van der Waals surface area (Å²) in [5.41, 5.74) is 4.78. The van der Waals surface area contributed by atoms with Gasteiger partial charge in [-0.05, 0) is 47.9 Å². The minimum atomic E-state index is -0.520. The Bertz CT molecular complexity index is 970. The van der Waals surface area contributed by atoms with Gasteiger partial charge in [-0.3, -0.25) is 4.90 Å². The predicted octanol–water partition coefficient (Wildman–Crippen LogP) is 4.88. The van der Waals surface area contributed by atoms with Crippen molar-refractivity contribution in [2.75, 3.05) is 44.2 Å². The number of aliphatic hydroxyl groups is 1. The molecule has 3 aromatic rings. The van der Waals surface area contributed by atoms with Crippen LogP contribution >= 0.6 is 11.6 Å². The molecular formula is C26H29ClN2O2. The summed E-state index contributed by atoms with van der Waals surface area (Å²) >= 11 is 6.17. The molecule has 1 heterocycles. The van der Waals surface area contributed by atoms with Crippen LogP contribution in [-0.4, -0.2) is 55.4 Å². The van der Waals surface area contributed by atoms with E-state index < -0.39 is 6.10 Å². The van der Waals surface area contributed by atoms with Gasteiger partial charge in [-0.2, -0.15) is 0 Å². The fourth-order valence-electron chi connectivity index (χ4n) is 4.01. The van der Waals surface area contributed by atoms with Gasteiger partial charge in [0.2, 0.25) is 0 Å². The molecular weight excluding hydrogens is 408 g/mol. The maximum absolute atomic E-state index is 10.5. The summed E-state index contributed by atoms with van der Waals surface area (Å²) in [6, 6.07) is 24.3. The highest BCUT2D eigenvalue weighted by Gasteiger charge is 2.21. The van der Waals surface area contributed by atoms with E-state index in [-0.39, 0.29) is 6.61 Å². The Hall–Kier alpha value is -2.53. The van der Waals surface area contributed by atoms with Crippen molar-refractivity contribution >= 4 is 17.3 Å². The molecule has 5 heteroatoms. The highest BCUT2D eigenvalue weighted by atomic mass is 35.5. The lowest BCUT2D eigenvalue weighted by Gasteiger charge is -2.37. The van der Waals surface area contributed by atoms with E-state index in [1.54, 1.807) is 0 Å². The van der Waals surface area contributed by atoms with Crippen LogP contribution in [0.4, 0.5) is 5.69 Å². The Labute approximate surface area is 189 Å². The van der Waals surface area contributed by atoms with Crippen molar-refractivity contribution in [3.05, 3.63) is 83.4 Å². The topological polar surface area (TPSA) is 35.9 Å². The van der Waals surface area contributed by atoms with Crippen LogP contribution in [0.25, 0.3) is 11.1 Å². The Kier molecular flexibility index (Phi) is 7.13. The van der Waals surface area contributed by atoms with Crippen molar-refractivity contribution in [1.29, 1.82) is 0 Å². The molecule has 0 amide bonds. The van der Waals surface area contributed by atoms with E-state index in [4.69, 9.17) is 16.3 Å². The Morgan fingerprint density at radius 2 is 1.58 bits per heavy atom. The number of β-amino-alcohol motifs (C(OH)–C–C–N with tert-alkyl or cyclic N) is 1. The summed E-state index contributed by atoms with van der Waals surface area (Å²) in [7, 11) is 0. The SMILES string of the molecule is Cc1ccc(Cl)cc1N1CCN(CC(O)COc2ccc(-c3ccccc3)cc2)CC1. The molecule has 1 N–H and O–H groups in total. The van der Waals surface area contributed by atoms with Gasteiger partial charge in [-0.15, -0.1) is 0 Å². The molecule has 1 atom stereocenters. The van der Waals surface area contributed by atoms with Gasteiger partial charge in [0, 0.05) is 43.4 Å². The highest BCUT2D eigenvalue weighted by Crippen LogP contribution is 2.25. The van der Waals surface area contributed by atoms with E-state index in [2.05, 4.69) is 34.9 Å². The number of anilines is 1. The quantitative estimate of drug-likeness (QED) is 0.572. The van der Waals surface area contributed by atoms with Gasteiger partial charge >= 0.3 is 0 Å². The average Bonchev–Trinajstić information content (AvgIpc) is 2.81. The predicted molar refractivity (Wildman–Crippen MR) is 128 cm³/mol. The van der Waals surface area contributed by atoms with Crippen LogP contribution in [0.15, 0.2) is 72.8 Å². The first-order valence-corrected chi connectivity index (χ1v) is 11.2. The van der Waals surface area contributed by atoms with E-state index in [0.717, 1.165) is 42.5 Å². The largest absolute Gasteiger partial charge is 0.491 e. The normalized spacial score (nSPS) is 15.6. The van der Waals surface area contributed by atoms with Gasteiger partial charge in [0.25, 0.3) is 0 Å². The van der Waals surface area contributed by atoms with Crippen LogP contribution in [-0.2, 0) is 0 Å².